The number of nitrogens with zero attached hydrogens (tertiary/aromatic N) is 1. The third kappa shape index (κ3) is 4.91. The van der Waals surface area contributed by atoms with E-state index in [9.17, 15) is 32.7 Å². The van der Waals surface area contributed by atoms with Gasteiger partial charge in [0.15, 0.2) is 0 Å². The van der Waals surface area contributed by atoms with Crippen LogP contribution in [0.25, 0.3) is 0 Å². The van der Waals surface area contributed by atoms with Crippen molar-refractivity contribution in [1.82, 2.24) is 10.2 Å². The molecule has 2 aromatic carbocycles. The molecule has 2 aliphatic heterocycles. The minimum absolute atomic E-state index is 0.272. The van der Waals surface area contributed by atoms with Crippen LogP contribution < -0.4 is 10.1 Å². The van der Waals surface area contributed by atoms with Gasteiger partial charge in [0.2, 0.25) is 5.91 Å². The molecular formula is C21H17F3N2O6S. The first-order valence-corrected chi connectivity index (χ1v) is 10.6. The van der Waals surface area contributed by atoms with E-state index in [1.165, 1.54) is 17.8 Å². The Labute approximate surface area is 189 Å². The Kier molecular flexibility index (Phi) is 6.47. The van der Waals surface area contributed by atoms with Gasteiger partial charge in [0.1, 0.15) is 23.4 Å². The van der Waals surface area contributed by atoms with Crippen molar-refractivity contribution in [3.8, 4) is 11.5 Å². The van der Waals surface area contributed by atoms with Crippen LogP contribution in [0.2, 0.25) is 0 Å². The number of likely N-dealkylation sites (tertiary alicyclic amines) is 1. The molecule has 174 valence electrons. The van der Waals surface area contributed by atoms with Crippen molar-refractivity contribution in [2.75, 3.05) is 13.1 Å². The summed E-state index contributed by atoms with van der Waals surface area (Å²) in [6.45, 7) is -4.13. The molecule has 2 amide bonds. The molecule has 1 saturated heterocycles. The van der Waals surface area contributed by atoms with E-state index >= 15 is 0 Å². The van der Waals surface area contributed by atoms with Crippen LogP contribution in [0.5, 0.6) is 11.5 Å². The van der Waals surface area contributed by atoms with Crippen LogP contribution in [0.1, 0.15) is 16.8 Å². The molecule has 2 N–H and O–H groups in total. The summed E-state index contributed by atoms with van der Waals surface area (Å²) in [4.78, 5) is 38.5. The zero-order valence-corrected chi connectivity index (χ0v) is 17.6. The molecule has 0 radical (unpaired) electrons. The number of hydrogen-bond acceptors (Lipinski definition) is 6. The fraction of sp³-hybridized carbons (Fsp3) is 0.286. The van der Waals surface area contributed by atoms with Gasteiger partial charge < -0.3 is 24.8 Å². The maximum Gasteiger partial charge on any atom is 0.345 e. The molecule has 2 heterocycles. The number of hydrogen-bond donors (Lipinski definition) is 2. The normalized spacial score (nSPS) is 19.0. The fourth-order valence-corrected chi connectivity index (χ4v) is 4.59. The summed E-state index contributed by atoms with van der Waals surface area (Å²) in [6, 6.07) is 8.12. The highest BCUT2D eigenvalue weighted by Gasteiger charge is 2.41. The summed E-state index contributed by atoms with van der Waals surface area (Å²) in [5.41, 5.74) is -0.364. The predicted molar refractivity (Wildman–Crippen MR) is 108 cm³/mol. The first-order chi connectivity index (χ1) is 15.7. The van der Waals surface area contributed by atoms with E-state index < -0.39 is 48.9 Å². The van der Waals surface area contributed by atoms with Gasteiger partial charge in [-0.3, -0.25) is 9.59 Å². The summed E-state index contributed by atoms with van der Waals surface area (Å²) >= 11 is 1.28. The van der Waals surface area contributed by atoms with Gasteiger partial charge in [0.05, 0.1) is 28.0 Å². The number of fused-ring (bicyclic) bond motifs is 2. The molecule has 0 aliphatic carbocycles. The second kappa shape index (κ2) is 9.32. The molecule has 4 rings (SSSR count). The highest BCUT2D eigenvalue weighted by molar-refractivity contribution is 7.99. The molecule has 0 aromatic heterocycles. The number of carboxylic acids is 1. The largest absolute Gasteiger partial charge is 0.480 e. The highest BCUT2D eigenvalue weighted by atomic mass is 32.2. The molecule has 2 aliphatic rings. The number of carboxylic acid groups (broad SMARTS) is 1. The Morgan fingerprint density at radius 2 is 1.97 bits per heavy atom. The van der Waals surface area contributed by atoms with Crippen molar-refractivity contribution >= 4 is 29.5 Å². The van der Waals surface area contributed by atoms with Crippen LogP contribution in [0.4, 0.5) is 13.2 Å². The lowest BCUT2D eigenvalue weighted by molar-refractivity contribution is -0.160. The number of carbonyl (C=O) groups is 3. The molecule has 0 unspecified atom stereocenters. The van der Waals surface area contributed by atoms with Crippen LogP contribution in [0.15, 0.2) is 46.2 Å². The monoisotopic (exact) mass is 482 g/mol. The lowest BCUT2D eigenvalue weighted by Crippen LogP contribution is -2.45. The van der Waals surface area contributed by atoms with Crippen LogP contribution in [0, 0.1) is 5.82 Å². The maximum absolute atomic E-state index is 14.6. The number of ether oxygens (including phenoxy) is 2. The number of amides is 2. The predicted octanol–water partition coefficient (Wildman–Crippen LogP) is 3.11. The molecular weight excluding hydrogens is 465 g/mol. The molecule has 8 nitrogen and oxygen atoms in total. The van der Waals surface area contributed by atoms with Gasteiger partial charge >= 0.3 is 12.6 Å². The van der Waals surface area contributed by atoms with Gasteiger partial charge in [-0.15, -0.1) is 0 Å². The summed E-state index contributed by atoms with van der Waals surface area (Å²) in [5.74, 6) is -3.13. The van der Waals surface area contributed by atoms with E-state index in [4.69, 9.17) is 4.74 Å². The van der Waals surface area contributed by atoms with E-state index in [2.05, 4.69) is 10.1 Å². The highest BCUT2D eigenvalue weighted by Crippen LogP contribution is 2.47. The smallest absolute Gasteiger partial charge is 0.345 e. The molecule has 0 saturated carbocycles. The van der Waals surface area contributed by atoms with Gasteiger partial charge in [0.25, 0.3) is 5.91 Å². The quantitative estimate of drug-likeness (QED) is 0.556. The van der Waals surface area contributed by atoms with Crippen molar-refractivity contribution in [1.29, 1.82) is 0 Å². The number of rotatable bonds is 6. The molecule has 0 bridgehead atoms. The van der Waals surface area contributed by atoms with Gasteiger partial charge in [-0.2, -0.15) is 8.78 Å². The SMILES string of the molecule is O=C(NCC(=O)N1C[C@H](OC(F)F)C[C@H]1C(=O)O)c1cc2c(cc1F)Sc1ccccc1O2. The zero-order valence-electron chi connectivity index (χ0n) is 16.8. The first-order valence-electron chi connectivity index (χ1n) is 9.75. The molecule has 12 heteroatoms. The Morgan fingerprint density at radius 1 is 1.21 bits per heavy atom. The van der Waals surface area contributed by atoms with Crippen LogP contribution in [0.3, 0.4) is 0 Å². The van der Waals surface area contributed by atoms with Crippen molar-refractivity contribution in [3.05, 3.63) is 47.8 Å². The van der Waals surface area contributed by atoms with E-state index in [0.717, 1.165) is 15.9 Å². The zero-order chi connectivity index (χ0) is 23.7. The summed E-state index contributed by atoms with van der Waals surface area (Å²) in [6.07, 6.45) is -1.46. The number of para-hydroxylation sites is 1. The van der Waals surface area contributed by atoms with Gasteiger partial charge in [-0.25, -0.2) is 9.18 Å². The molecule has 33 heavy (non-hydrogen) atoms. The number of alkyl halides is 2. The Hall–Kier alpha value is -3.25. The minimum atomic E-state index is -3.11. The average molecular weight is 482 g/mol. The Morgan fingerprint density at radius 3 is 2.70 bits per heavy atom. The number of nitrogens with one attached hydrogen (secondary N) is 1. The lowest BCUT2D eigenvalue weighted by Gasteiger charge is -2.22. The summed E-state index contributed by atoms with van der Waals surface area (Å²) in [5, 5.41) is 11.5. The third-order valence-corrected chi connectivity index (χ3v) is 6.23. The Bertz CT molecular complexity index is 1120. The lowest BCUT2D eigenvalue weighted by atomic mass is 10.1. The number of benzene rings is 2. The topological polar surface area (TPSA) is 105 Å². The van der Waals surface area contributed by atoms with Crippen molar-refractivity contribution < 1.29 is 42.1 Å². The second-order valence-electron chi connectivity index (χ2n) is 7.27. The average Bonchev–Trinajstić information content (AvgIpc) is 3.19. The minimum Gasteiger partial charge on any atom is -0.480 e. The molecule has 2 atom stereocenters. The van der Waals surface area contributed by atoms with E-state index in [-0.39, 0.29) is 24.3 Å². The van der Waals surface area contributed by atoms with Gasteiger partial charge in [-0.05, 0) is 24.3 Å². The number of halogens is 3. The van der Waals surface area contributed by atoms with Gasteiger partial charge in [0, 0.05) is 13.0 Å². The summed E-state index contributed by atoms with van der Waals surface area (Å²) in [7, 11) is 0. The van der Waals surface area contributed by atoms with E-state index in [1.807, 2.05) is 12.1 Å². The number of aliphatic carboxylic acids is 1. The van der Waals surface area contributed by atoms with Crippen LogP contribution in [-0.2, 0) is 14.3 Å². The fourth-order valence-electron chi connectivity index (χ4n) is 3.63. The van der Waals surface area contributed by atoms with Crippen molar-refractivity contribution in [2.45, 2.75) is 35.0 Å². The van der Waals surface area contributed by atoms with E-state index in [0.29, 0.717) is 10.6 Å². The summed E-state index contributed by atoms with van der Waals surface area (Å²) < 4.78 is 49.5. The number of carbonyl (C=O) groups excluding carboxylic acids is 2. The van der Waals surface area contributed by atoms with Gasteiger partial charge in [-0.1, -0.05) is 23.9 Å². The first kappa shape index (κ1) is 22.9. The second-order valence-corrected chi connectivity index (χ2v) is 8.35. The van der Waals surface area contributed by atoms with Crippen LogP contribution in [-0.4, -0.2) is 59.6 Å². The van der Waals surface area contributed by atoms with E-state index in [1.54, 1.807) is 12.1 Å². The third-order valence-electron chi connectivity index (χ3n) is 5.13. The van der Waals surface area contributed by atoms with Crippen molar-refractivity contribution in [2.24, 2.45) is 0 Å². The molecule has 0 spiro atoms. The van der Waals surface area contributed by atoms with Crippen molar-refractivity contribution in [3.63, 3.8) is 0 Å². The standard InChI is InChI=1S/C21H17F3N2O6S/c22-12-7-17-15(32-14-3-1-2-4-16(14)33-17)6-11(12)19(28)25-8-18(27)26-9-10(31-21(23)24)5-13(26)20(29)30/h1-4,6-7,10,13,21H,5,8-9H2,(H,25,28)(H,29,30)/t10-,13+/m1/s1. The molecule has 2 aromatic rings. The Balaban J connectivity index is 1.43. The van der Waals surface area contributed by atoms with Crippen LogP contribution >= 0.6 is 11.8 Å². The molecule has 1 fully saturated rings. The maximum atomic E-state index is 14.6.